The first kappa shape index (κ1) is 15.0. The van der Waals surface area contributed by atoms with Crippen molar-refractivity contribution in [3.63, 3.8) is 0 Å². The smallest absolute Gasteiger partial charge is 0.311 e. The van der Waals surface area contributed by atoms with Crippen molar-refractivity contribution in [2.45, 2.75) is 59.0 Å². The molecule has 8 unspecified atom stereocenters. The largest absolute Gasteiger partial charge is 0.465 e. The molecule has 0 aromatic rings. The molecular formula is C19H30O3. The van der Waals surface area contributed by atoms with Crippen LogP contribution in [0.1, 0.15) is 52.9 Å². The predicted molar refractivity (Wildman–Crippen MR) is 83.9 cm³/mol. The van der Waals surface area contributed by atoms with Crippen LogP contribution in [0.4, 0.5) is 0 Å². The highest BCUT2D eigenvalue weighted by molar-refractivity contribution is 5.75. The average molecular weight is 306 g/mol. The van der Waals surface area contributed by atoms with Crippen LogP contribution in [-0.4, -0.2) is 23.8 Å². The van der Waals surface area contributed by atoms with Crippen molar-refractivity contribution in [2.24, 2.45) is 46.8 Å². The summed E-state index contributed by atoms with van der Waals surface area (Å²) in [5, 5.41) is 10.3. The van der Waals surface area contributed by atoms with Gasteiger partial charge >= 0.3 is 5.97 Å². The second-order valence-electron chi connectivity index (χ2n) is 9.11. The van der Waals surface area contributed by atoms with Crippen molar-refractivity contribution in [3.05, 3.63) is 0 Å². The van der Waals surface area contributed by atoms with Crippen molar-refractivity contribution in [1.29, 1.82) is 0 Å². The molecule has 8 atom stereocenters. The normalized spacial score (nSPS) is 48.7. The highest BCUT2D eigenvalue weighted by atomic mass is 16.5. The highest BCUT2D eigenvalue weighted by Gasteiger charge is 2.64. The number of ether oxygens (including phenoxy) is 1. The number of esters is 1. The van der Waals surface area contributed by atoms with E-state index in [1.807, 2.05) is 20.8 Å². The molecule has 3 heteroatoms. The minimum atomic E-state index is -0.358. The zero-order valence-corrected chi connectivity index (χ0v) is 14.1. The molecule has 0 aliphatic heterocycles. The van der Waals surface area contributed by atoms with Gasteiger partial charge in [0.2, 0.25) is 0 Å². The molecule has 0 aromatic carbocycles. The lowest BCUT2D eigenvalue weighted by Crippen LogP contribution is -2.39. The fraction of sp³-hybridized carbons (Fsp3) is 0.947. The fourth-order valence-electron chi connectivity index (χ4n) is 6.42. The van der Waals surface area contributed by atoms with Gasteiger partial charge in [0.25, 0.3) is 0 Å². The topological polar surface area (TPSA) is 46.5 Å². The number of hydrogen-bond acceptors (Lipinski definition) is 3. The fourth-order valence-corrected chi connectivity index (χ4v) is 6.42. The van der Waals surface area contributed by atoms with Gasteiger partial charge in [0.05, 0.1) is 18.1 Å². The van der Waals surface area contributed by atoms with E-state index >= 15 is 0 Å². The molecule has 0 heterocycles. The molecule has 1 N–H and O–H groups in total. The van der Waals surface area contributed by atoms with Crippen LogP contribution in [0.5, 0.6) is 0 Å². The second kappa shape index (κ2) is 4.96. The Kier molecular flexibility index (Phi) is 3.38. The summed E-state index contributed by atoms with van der Waals surface area (Å²) in [7, 11) is 0. The molecule has 4 fully saturated rings. The van der Waals surface area contributed by atoms with E-state index in [1.54, 1.807) is 0 Å². The lowest BCUT2D eigenvalue weighted by Gasteiger charge is -2.40. The summed E-state index contributed by atoms with van der Waals surface area (Å²) < 4.78 is 5.69. The first-order chi connectivity index (χ1) is 10.4. The molecule has 0 saturated heterocycles. The van der Waals surface area contributed by atoms with Crippen LogP contribution in [0.3, 0.4) is 0 Å². The lowest BCUT2D eigenvalue weighted by molar-refractivity contribution is -0.156. The maximum Gasteiger partial charge on any atom is 0.311 e. The van der Waals surface area contributed by atoms with Gasteiger partial charge in [-0.25, -0.2) is 0 Å². The molecule has 4 aliphatic rings. The van der Waals surface area contributed by atoms with Gasteiger partial charge in [0.1, 0.15) is 0 Å². The molecule has 22 heavy (non-hydrogen) atoms. The number of carbonyl (C=O) groups is 1. The van der Waals surface area contributed by atoms with Crippen LogP contribution in [0.2, 0.25) is 0 Å². The average Bonchev–Trinajstić information content (AvgIpc) is 3.21. The van der Waals surface area contributed by atoms with Crippen LogP contribution in [0.25, 0.3) is 0 Å². The van der Waals surface area contributed by atoms with Crippen molar-refractivity contribution < 1.29 is 14.6 Å². The monoisotopic (exact) mass is 306 g/mol. The predicted octanol–water partition coefficient (Wildman–Crippen LogP) is 3.25. The van der Waals surface area contributed by atoms with Gasteiger partial charge in [-0.05, 0) is 87.4 Å². The molecule has 4 saturated carbocycles. The summed E-state index contributed by atoms with van der Waals surface area (Å²) in [4.78, 5) is 12.2. The Morgan fingerprint density at radius 1 is 1.09 bits per heavy atom. The van der Waals surface area contributed by atoms with E-state index in [2.05, 4.69) is 0 Å². The lowest BCUT2D eigenvalue weighted by atomic mass is 9.67. The van der Waals surface area contributed by atoms with E-state index in [0.717, 1.165) is 36.5 Å². The van der Waals surface area contributed by atoms with E-state index in [9.17, 15) is 9.90 Å². The Hall–Kier alpha value is -0.570. The summed E-state index contributed by atoms with van der Waals surface area (Å²) in [6.07, 6.45) is 5.67. The third-order valence-electron chi connectivity index (χ3n) is 7.79. The summed E-state index contributed by atoms with van der Waals surface area (Å²) in [5.74, 6) is 5.03. The Morgan fingerprint density at radius 3 is 2.50 bits per heavy atom. The Morgan fingerprint density at radius 2 is 1.77 bits per heavy atom. The SMILES string of the molecule is CCC(C)(C)C(=O)OCC1CC2CC1C1C3CC(CC3O)C21. The molecular weight excluding hydrogens is 276 g/mol. The first-order valence-electron chi connectivity index (χ1n) is 9.27. The quantitative estimate of drug-likeness (QED) is 0.640. The molecule has 4 bridgehead atoms. The zero-order valence-electron chi connectivity index (χ0n) is 14.1. The Bertz CT molecular complexity index is 471. The molecule has 0 radical (unpaired) electrons. The standard InChI is InChI=1S/C19H30O3/c1-4-19(2,3)18(21)22-9-12-5-10-6-13(12)17-14-7-11(16(10)17)8-15(14)20/h10-17,20H,4-9H2,1-3H3. The number of aliphatic hydroxyl groups excluding tert-OH is 1. The van der Waals surface area contributed by atoms with Gasteiger partial charge in [-0.3, -0.25) is 4.79 Å². The number of hydrogen-bond donors (Lipinski definition) is 1. The van der Waals surface area contributed by atoms with Crippen LogP contribution >= 0.6 is 0 Å². The van der Waals surface area contributed by atoms with Crippen molar-refractivity contribution >= 4 is 5.97 Å². The van der Waals surface area contributed by atoms with Crippen LogP contribution in [0, 0.1) is 46.8 Å². The molecule has 4 aliphatic carbocycles. The number of rotatable bonds is 4. The van der Waals surface area contributed by atoms with Crippen molar-refractivity contribution in [3.8, 4) is 0 Å². The van der Waals surface area contributed by atoms with E-state index < -0.39 is 0 Å². The third-order valence-corrected chi connectivity index (χ3v) is 7.79. The third kappa shape index (κ3) is 2.00. The molecule has 0 spiro atoms. The number of carbonyl (C=O) groups excluding carboxylic acids is 1. The summed E-state index contributed by atoms with van der Waals surface area (Å²) in [6, 6.07) is 0. The second-order valence-corrected chi connectivity index (χ2v) is 9.11. The van der Waals surface area contributed by atoms with Gasteiger partial charge in [0, 0.05) is 0 Å². The van der Waals surface area contributed by atoms with Crippen molar-refractivity contribution in [1.82, 2.24) is 0 Å². The molecule has 124 valence electrons. The van der Waals surface area contributed by atoms with Crippen molar-refractivity contribution in [2.75, 3.05) is 6.61 Å². The first-order valence-corrected chi connectivity index (χ1v) is 9.27. The summed E-state index contributed by atoms with van der Waals surface area (Å²) in [5.41, 5.74) is -0.358. The molecule has 4 rings (SSSR count). The van der Waals surface area contributed by atoms with Gasteiger partial charge < -0.3 is 9.84 Å². The van der Waals surface area contributed by atoms with Gasteiger partial charge in [-0.1, -0.05) is 6.92 Å². The number of fused-ring (bicyclic) bond motifs is 9. The molecule has 3 nitrogen and oxygen atoms in total. The van der Waals surface area contributed by atoms with Crippen LogP contribution in [0.15, 0.2) is 0 Å². The van der Waals surface area contributed by atoms with E-state index in [0.29, 0.717) is 24.4 Å². The number of aliphatic hydroxyl groups is 1. The Labute approximate surface area is 133 Å². The summed E-state index contributed by atoms with van der Waals surface area (Å²) >= 11 is 0. The van der Waals surface area contributed by atoms with Gasteiger partial charge in [-0.2, -0.15) is 0 Å². The Balaban J connectivity index is 1.40. The van der Waals surface area contributed by atoms with Gasteiger partial charge in [0.15, 0.2) is 0 Å². The molecule has 0 amide bonds. The van der Waals surface area contributed by atoms with Crippen LogP contribution < -0.4 is 0 Å². The maximum atomic E-state index is 12.2. The maximum absolute atomic E-state index is 12.2. The van der Waals surface area contributed by atoms with Gasteiger partial charge in [-0.15, -0.1) is 0 Å². The minimum absolute atomic E-state index is 0.0395. The van der Waals surface area contributed by atoms with E-state index in [4.69, 9.17) is 4.74 Å². The minimum Gasteiger partial charge on any atom is -0.465 e. The molecule has 0 aromatic heterocycles. The van der Waals surface area contributed by atoms with Crippen LogP contribution in [-0.2, 0) is 9.53 Å². The van der Waals surface area contributed by atoms with E-state index in [-0.39, 0.29) is 17.5 Å². The highest BCUT2D eigenvalue weighted by Crippen LogP contribution is 2.68. The zero-order chi connectivity index (χ0) is 15.6. The summed E-state index contributed by atoms with van der Waals surface area (Å²) in [6.45, 7) is 6.59. The van der Waals surface area contributed by atoms with E-state index in [1.165, 1.54) is 19.3 Å².